The molecular formula is C24H39PSi2. The normalized spacial score (nSPS) is 27.0. The van der Waals surface area contributed by atoms with E-state index in [1.54, 1.807) is 5.30 Å². The summed E-state index contributed by atoms with van der Waals surface area (Å²) in [7, 11) is -2.35. The maximum Gasteiger partial charge on any atom is 0.0724 e. The highest BCUT2D eigenvalue weighted by Crippen LogP contribution is 2.50. The van der Waals surface area contributed by atoms with E-state index >= 15 is 0 Å². The van der Waals surface area contributed by atoms with Gasteiger partial charge in [0, 0.05) is 8.07 Å². The predicted octanol–water partition coefficient (Wildman–Crippen LogP) is 7.29. The quantitative estimate of drug-likeness (QED) is 0.249. The van der Waals surface area contributed by atoms with E-state index in [1.807, 2.05) is 5.20 Å². The highest BCUT2D eigenvalue weighted by molar-refractivity contribution is 7.65. The topological polar surface area (TPSA) is 0 Å². The lowest BCUT2D eigenvalue weighted by Crippen LogP contribution is -2.33. The van der Waals surface area contributed by atoms with Gasteiger partial charge >= 0.3 is 0 Å². The fraction of sp³-hybridized carbons (Fsp3) is 0.583. The standard InChI is InChI=1S/C24H39PSi2/c1-26(2,3)23-16-10-12-20(23)18-25(22-14-8-7-9-15-22)19-21-13-11-17-24(21)27(4,5)6/h7-10,12,14-15,17,20-21,23H,11,13,16,18-19H2,1-6H3/t20-,21+,23?,25?/m0/s1. The summed E-state index contributed by atoms with van der Waals surface area (Å²) >= 11 is 0. The van der Waals surface area contributed by atoms with Gasteiger partial charge in [-0.25, -0.2) is 0 Å². The second-order valence-electron chi connectivity index (χ2n) is 10.7. The van der Waals surface area contributed by atoms with Gasteiger partial charge in [-0.2, -0.15) is 0 Å². The number of rotatable bonds is 7. The van der Waals surface area contributed by atoms with Crippen molar-refractivity contribution in [3.05, 3.63) is 53.8 Å². The molecule has 3 heteroatoms. The van der Waals surface area contributed by atoms with Crippen molar-refractivity contribution in [2.45, 2.75) is 64.1 Å². The molecule has 0 amide bonds. The second-order valence-corrected chi connectivity index (χ2v) is 23.6. The summed E-state index contributed by atoms with van der Waals surface area (Å²) in [6.07, 6.45) is 14.6. The van der Waals surface area contributed by atoms with Gasteiger partial charge in [-0.1, -0.05) is 101 Å². The molecule has 0 heterocycles. The zero-order valence-corrected chi connectivity index (χ0v) is 21.2. The smallest absolute Gasteiger partial charge is 0.0724 e. The molecule has 0 nitrogen and oxygen atoms in total. The molecule has 1 aromatic rings. The van der Waals surface area contributed by atoms with Crippen LogP contribution in [0.3, 0.4) is 0 Å². The van der Waals surface area contributed by atoms with E-state index in [4.69, 9.17) is 0 Å². The molecule has 0 spiro atoms. The van der Waals surface area contributed by atoms with Gasteiger partial charge in [0.05, 0.1) is 8.07 Å². The molecule has 0 aromatic heterocycles. The van der Waals surface area contributed by atoms with Crippen LogP contribution in [0.25, 0.3) is 0 Å². The van der Waals surface area contributed by atoms with Crippen LogP contribution in [-0.2, 0) is 0 Å². The molecule has 0 radical (unpaired) electrons. The zero-order valence-electron chi connectivity index (χ0n) is 18.3. The zero-order chi connectivity index (χ0) is 19.7. The Balaban J connectivity index is 1.81. The third-order valence-corrected chi connectivity index (χ3v) is 14.6. The Morgan fingerprint density at radius 1 is 0.963 bits per heavy atom. The van der Waals surface area contributed by atoms with Crippen molar-refractivity contribution in [1.29, 1.82) is 0 Å². The van der Waals surface area contributed by atoms with E-state index in [0.29, 0.717) is 0 Å². The van der Waals surface area contributed by atoms with E-state index in [9.17, 15) is 0 Å². The van der Waals surface area contributed by atoms with E-state index in [-0.39, 0.29) is 7.92 Å². The van der Waals surface area contributed by atoms with Gasteiger partial charge in [0.2, 0.25) is 0 Å². The Labute approximate surface area is 171 Å². The van der Waals surface area contributed by atoms with Crippen molar-refractivity contribution in [2.24, 2.45) is 11.8 Å². The first-order valence-electron chi connectivity index (χ1n) is 10.8. The lowest BCUT2D eigenvalue weighted by molar-refractivity contribution is 0.669. The van der Waals surface area contributed by atoms with Crippen LogP contribution < -0.4 is 5.30 Å². The molecule has 0 N–H and O–H groups in total. The van der Waals surface area contributed by atoms with Gasteiger partial charge < -0.3 is 0 Å². The van der Waals surface area contributed by atoms with Crippen LogP contribution in [0.2, 0.25) is 44.8 Å². The average molecular weight is 415 g/mol. The first-order chi connectivity index (χ1) is 12.7. The number of hydrogen-bond acceptors (Lipinski definition) is 0. The lowest BCUT2D eigenvalue weighted by atomic mass is 10.1. The SMILES string of the molecule is C[Si](C)(C)C1=CCC[C@@H]1CP(C[C@@H]1C=CCC1[Si](C)(C)C)c1ccccc1. The molecule has 2 aliphatic carbocycles. The third kappa shape index (κ3) is 5.34. The Morgan fingerprint density at radius 3 is 2.30 bits per heavy atom. The summed E-state index contributed by atoms with van der Waals surface area (Å²) in [5, 5.41) is 3.51. The summed E-state index contributed by atoms with van der Waals surface area (Å²) in [5.74, 6) is 1.68. The van der Waals surface area contributed by atoms with Crippen LogP contribution in [0.5, 0.6) is 0 Å². The second kappa shape index (κ2) is 8.51. The largest absolute Gasteiger partial charge is 0.0889 e. The van der Waals surface area contributed by atoms with E-state index in [1.165, 1.54) is 31.6 Å². The van der Waals surface area contributed by atoms with Gasteiger partial charge in [0.15, 0.2) is 0 Å². The van der Waals surface area contributed by atoms with Gasteiger partial charge in [-0.3, -0.25) is 0 Å². The van der Waals surface area contributed by atoms with Crippen molar-refractivity contribution in [3.8, 4) is 0 Å². The van der Waals surface area contributed by atoms with Gasteiger partial charge in [0.25, 0.3) is 0 Å². The summed E-state index contributed by atoms with van der Waals surface area (Å²) < 4.78 is 0. The van der Waals surface area contributed by atoms with Crippen molar-refractivity contribution < 1.29 is 0 Å². The Morgan fingerprint density at radius 2 is 1.67 bits per heavy atom. The van der Waals surface area contributed by atoms with Gasteiger partial charge in [0.1, 0.15) is 0 Å². The molecule has 0 fully saturated rings. The Bertz CT molecular complexity index is 675. The molecule has 4 atom stereocenters. The van der Waals surface area contributed by atoms with Crippen LogP contribution in [0.1, 0.15) is 19.3 Å². The molecule has 0 saturated heterocycles. The molecule has 0 bridgehead atoms. The molecule has 2 aliphatic rings. The molecule has 3 rings (SSSR count). The lowest BCUT2D eigenvalue weighted by Gasteiger charge is -2.35. The van der Waals surface area contributed by atoms with Crippen LogP contribution in [0.15, 0.2) is 53.8 Å². The molecule has 148 valence electrons. The first-order valence-corrected chi connectivity index (χ1v) is 19.6. The highest BCUT2D eigenvalue weighted by Gasteiger charge is 2.37. The number of hydrogen-bond donors (Lipinski definition) is 0. The van der Waals surface area contributed by atoms with Crippen LogP contribution in [0.4, 0.5) is 0 Å². The average Bonchev–Trinajstić information content (AvgIpc) is 3.23. The third-order valence-electron chi connectivity index (χ3n) is 6.58. The summed E-state index contributed by atoms with van der Waals surface area (Å²) in [5.41, 5.74) is 0.946. The van der Waals surface area contributed by atoms with Crippen molar-refractivity contribution in [3.63, 3.8) is 0 Å². The molecule has 0 saturated carbocycles. The molecule has 27 heavy (non-hydrogen) atoms. The van der Waals surface area contributed by atoms with Gasteiger partial charge in [-0.15, -0.1) is 0 Å². The summed E-state index contributed by atoms with van der Waals surface area (Å²) in [6, 6.07) is 11.5. The van der Waals surface area contributed by atoms with Crippen LogP contribution in [0, 0.1) is 11.8 Å². The van der Waals surface area contributed by atoms with E-state index < -0.39 is 16.1 Å². The number of allylic oxidation sites excluding steroid dienone is 4. The molecule has 1 aromatic carbocycles. The fourth-order valence-corrected chi connectivity index (χ4v) is 13.1. The van der Waals surface area contributed by atoms with Crippen molar-refractivity contribution in [2.75, 3.05) is 12.3 Å². The number of benzene rings is 1. The van der Waals surface area contributed by atoms with Crippen LogP contribution >= 0.6 is 7.92 Å². The van der Waals surface area contributed by atoms with E-state index in [0.717, 1.165) is 17.4 Å². The minimum Gasteiger partial charge on any atom is -0.0889 e. The Kier molecular flexibility index (Phi) is 6.71. The molecular weight excluding hydrogens is 375 g/mol. The maximum absolute atomic E-state index is 2.62. The van der Waals surface area contributed by atoms with Crippen LogP contribution in [-0.4, -0.2) is 28.5 Å². The van der Waals surface area contributed by atoms with E-state index in [2.05, 4.69) is 87.8 Å². The summed E-state index contributed by atoms with van der Waals surface area (Å²) in [4.78, 5) is 0. The molecule has 0 aliphatic heterocycles. The molecule has 2 unspecified atom stereocenters. The predicted molar refractivity (Wildman–Crippen MR) is 131 cm³/mol. The Hall–Kier alpha value is -0.436. The summed E-state index contributed by atoms with van der Waals surface area (Å²) in [6.45, 7) is 15.4. The minimum absolute atomic E-state index is 0.0730. The van der Waals surface area contributed by atoms with Crippen molar-refractivity contribution in [1.82, 2.24) is 0 Å². The van der Waals surface area contributed by atoms with Gasteiger partial charge in [-0.05, 0) is 54.3 Å². The monoisotopic (exact) mass is 414 g/mol. The fourth-order valence-electron chi connectivity index (χ4n) is 5.21. The highest BCUT2D eigenvalue weighted by atomic mass is 31.1. The first kappa shape index (κ1) is 21.3. The van der Waals surface area contributed by atoms with Crippen molar-refractivity contribution >= 4 is 29.4 Å². The minimum atomic E-state index is -1.18. The maximum atomic E-state index is 2.62.